The van der Waals surface area contributed by atoms with Crippen molar-refractivity contribution < 1.29 is 41.8 Å². The molecule has 9 heteroatoms. The number of fused-ring (bicyclic) bond motifs is 1. The Morgan fingerprint density at radius 1 is 1.21 bits per heavy atom. The SMILES string of the molecule is CCC(C)(C)C(=O)OC1C2CC3C1OC(=O)C3(C(=O)OC(C)(C)C(F)(F)F)C2. The molecule has 6 nitrogen and oxygen atoms in total. The van der Waals surface area contributed by atoms with Crippen LogP contribution in [0.15, 0.2) is 0 Å². The van der Waals surface area contributed by atoms with E-state index in [0.717, 1.165) is 13.8 Å². The fourth-order valence-electron chi connectivity index (χ4n) is 4.24. The van der Waals surface area contributed by atoms with Crippen LogP contribution in [0.5, 0.6) is 0 Å². The molecule has 0 radical (unpaired) electrons. The first-order valence-corrected chi connectivity index (χ1v) is 9.39. The van der Waals surface area contributed by atoms with E-state index in [1.165, 1.54) is 0 Å². The predicted molar refractivity (Wildman–Crippen MR) is 88.7 cm³/mol. The third kappa shape index (κ3) is 2.80. The Balaban J connectivity index is 1.80. The summed E-state index contributed by atoms with van der Waals surface area (Å²) in [5.41, 5.74) is -5.19. The molecule has 3 rings (SSSR count). The second-order valence-corrected chi connectivity index (χ2v) is 9.15. The Morgan fingerprint density at radius 3 is 2.36 bits per heavy atom. The molecule has 1 aliphatic heterocycles. The predicted octanol–water partition coefficient (Wildman–Crippen LogP) is 3.17. The van der Waals surface area contributed by atoms with Gasteiger partial charge in [-0.05, 0) is 47.0 Å². The number of hydrogen-bond acceptors (Lipinski definition) is 6. The van der Waals surface area contributed by atoms with Crippen molar-refractivity contribution in [2.75, 3.05) is 0 Å². The second kappa shape index (κ2) is 6.10. The summed E-state index contributed by atoms with van der Waals surface area (Å²) in [4.78, 5) is 37.6. The standard InChI is InChI=1S/C19H25F3O6/c1-6-16(2,3)13(23)26-11-9-7-10-12(11)27-14(24)18(10,8-9)15(25)28-17(4,5)19(20,21)22/h9-12H,6-8H2,1-5H3. The highest BCUT2D eigenvalue weighted by Crippen LogP contribution is 2.63. The van der Waals surface area contributed by atoms with Crippen molar-refractivity contribution in [2.24, 2.45) is 22.7 Å². The summed E-state index contributed by atoms with van der Waals surface area (Å²) in [5, 5.41) is 0. The first-order chi connectivity index (χ1) is 12.7. The van der Waals surface area contributed by atoms with Gasteiger partial charge in [-0.2, -0.15) is 13.2 Å². The van der Waals surface area contributed by atoms with Crippen LogP contribution in [-0.2, 0) is 28.6 Å². The molecule has 0 spiro atoms. The molecule has 28 heavy (non-hydrogen) atoms. The fourth-order valence-corrected chi connectivity index (χ4v) is 4.24. The minimum Gasteiger partial charge on any atom is -0.458 e. The largest absolute Gasteiger partial charge is 0.458 e. The van der Waals surface area contributed by atoms with E-state index in [1.807, 2.05) is 6.92 Å². The number of carbonyl (C=O) groups excluding carboxylic acids is 3. The lowest BCUT2D eigenvalue weighted by atomic mass is 9.73. The minimum atomic E-state index is -4.78. The van der Waals surface area contributed by atoms with Gasteiger partial charge in [-0.25, -0.2) is 0 Å². The van der Waals surface area contributed by atoms with Crippen LogP contribution in [0.3, 0.4) is 0 Å². The van der Waals surface area contributed by atoms with Gasteiger partial charge in [-0.1, -0.05) is 6.92 Å². The minimum absolute atomic E-state index is 0.0374. The molecule has 2 saturated carbocycles. The van der Waals surface area contributed by atoms with Gasteiger partial charge in [0.05, 0.1) is 5.41 Å². The molecule has 0 N–H and O–H groups in total. The molecule has 1 saturated heterocycles. The van der Waals surface area contributed by atoms with Crippen LogP contribution in [0.25, 0.3) is 0 Å². The molecular formula is C19H25F3O6. The number of rotatable bonds is 5. The Hall–Kier alpha value is -1.80. The van der Waals surface area contributed by atoms with E-state index in [-0.39, 0.29) is 12.3 Å². The zero-order chi connectivity index (χ0) is 21.3. The smallest absolute Gasteiger partial charge is 0.427 e. The summed E-state index contributed by atoms with van der Waals surface area (Å²) in [6.07, 6.45) is -5.41. The zero-order valence-electron chi connectivity index (χ0n) is 16.5. The average Bonchev–Trinajstić information content (AvgIpc) is 3.15. The van der Waals surface area contributed by atoms with Gasteiger partial charge in [0.1, 0.15) is 12.2 Å². The average molecular weight is 406 g/mol. The molecule has 5 unspecified atom stereocenters. The van der Waals surface area contributed by atoms with Gasteiger partial charge in [-0.15, -0.1) is 0 Å². The van der Waals surface area contributed by atoms with Crippen LogP contribution < -0.4 is 0 Å². The summed E-state index contributed by atoms with van der Waals surface area (Å²) in [6.45, 7) is 6.81. The van der Waals surface area contributed by atoms with Crippen molar-refractivity contribution in [3.05, 3.63) is 0 Å². The number of hydrogen-bond donors (Lipinski definition) is 0. The molecule has 2 aliphatic carbocycles. The van der Waals surface area contributed by atoms with E-state index < -0.39 is 58.6 Å². The fraction of sp³-hybridized carbons (Fsp3) is 0.842. The van der Waals surface area contributed by atoms with E-state index in [1.54, 1.807) is 13.8 Å². The summed E-state index contributed by atoms with van der Waals surface area (Å²) in [5.74, 6) is -3.51. The molecule has 0 amide bonds. The van der Waals surface area contributed by atoms with Crippen molar-refractivity contribution in [3.8, 4) is 0 Å². The Kier molecular flexibility index (Phi) is 4.56. The lowest BCUT2D eigenvalue weighted by molar-refractivity contribution is -0.261. The van der Waals surface area contributed by atoms with Crippen molar-refractivity contribution in [1.82, 2.24) is 0 Å². The Bertz CT molecular complexity index is 713. The quantitative estimate of drug-likeness (QED) is 0.396. The maximum absolute atomic E-state index is 13.1. The van der Waals surface area contributed by atoms with Crippen molar-refractivity contribution in [3.63, 3.8) is 0 Å². The second-order valence-electron chi connectivity index (χ2n) is 9.15. The van der Waals surface area contributed by atoms with Crippen molar-refractivity contribution in [2.45, 2.75) is 77.9 Å². The molecule has 1 heterocycles. The number of alkyl halides is 3. The van der Waals surface area contributed by atoms with Crippen LogP contribution in [-0.4, -0.2) is 41.9 Å². The third-order valence-electron chi connectivity index (χ3n) is 6.64. The first-order valence-electron chi connectivity index (χ1n) is 9.39. The van der Waals surface area contributed by atoms with E-state index >= 15 is 0 Å². The molecule has 2 bridgehead atoms. The summed E-state index contributed by atoms with van der Waals surface area (Å²) in [6, 6.07) is 0. The summed E-state index contributed by atoms with van der Waals surface area (Å²) < 4.78 is 55.0. The highest BCUT2D eigenvalue weighted by Gasteiger charge is 2.76. The Labute approximate surface area is 161 Å². The molecule has 0 aromatic heterocycles. The molecular weight excluding hydrogens is 381 g/mol. The molecule has 3 aliphatic rings. The highest BCUT2D eigenvalue weighted by atomic mass is 19.4. The number of halogens is 3. The van der Waals surface area contributed by atoms with Crippen molar-refractivity contribution in [1.29, 1.82) is 0 Å². The number of esters is 3. The maximum Gasteiger partial charge on any atom is 0.427 e. The third-order valence-corrected chi connectivity index (χ3v) is 6.64. The lowest BCUT2D eigenvalue weighted by Gasteiger charge is -2.35. The normalized spacial score (nSPS) is 34.4. The molecule has 5 atom stereocenters. The van der Waals surface area contributed by atoms with E-state index in [0.29, 0.717) is 12.8 Å². The Morgan fingerprint density at radius 2 is 1.82 bits per heavy atom. The van der Waals surface area contributed by atoms with E-state index in [4.69, 9.17) is 14.2 Å². The lowest BCUT2D eigenvalue weighted by Crippen LogP contribution is -2.51. The van der Waals surface area contributed by atoms with Gasteiger partial charge in [0.15, 0.2) is 5.41 Å². The van der Waals surface area contributed by atoms with E-state index in [9.17, 15) is 27.6 Å². The number of ether oxygens (including phenoxy) is 3. The van der Waals surface area contributed by atoms with Gasteiger partial charge in [0.25, 0.3) is 0 Å². The van der Waals surface area contributed by atoms with Crippen LogP contribution in [0.2, 0.25) is 0 Å². The summed E-state index contributed by atoms with van der Waals surface area (Å²) >= 11 is 0. The molecule has 158 valence electrons. The summed E-state index contributed by atoms with van der Waals surface area (Å²) in [7, 11) is 0. The van der Waals surface area contributed by atoms with Crippen LogP contribution in [0.4, 0.5) is 13.2 Å². The van der Waals surface area contributed by atoms with Gasteiger partial charge in [-0.3, -0.25) is 14.4 Å². The van der Waals surface area contributed by atoms with Gasteiger partial charge in [0, 0.05) is 11.8 Å². The molecule has 0 aromatic rings. The molecule has 0 aromatic carbocycles. The number of carbonyl (C=O) groups is 3. The molecule has 3 fully saturated rings. The van der Waals surface area contributed by atoms with E-state index in [2.05, 4.69) is 0 Å². The van der Waals surface area contributed by atoms with Gasteiger partial charge in [0.2, 0.25) is 5.60 Å². The maximum atomic E-state index is 13.1. The highest BCUT2D eigenvalue weighted by molar-refractivity contribution is 6.03. The topological polar surface area (TPSA) is 78.9 Å². The van der Waals surface area contributed by atoms with Crippen LogP contribution in [0.1, 0.15) is 53.9 Å². The van der Waals surface area contributed by atoms with Crippen LogP contribution >= 0.6 is 0 Å². The van der Waals surface area contributed by atoms with Gasteiger partial charge >= 0.3 is 24.1 Å². The monoisotopic (exact) mass is 406 g/mol. The zero-order valence-corrected chi connectivity index (χ0v) is 16.5. The van der Waals surface area contributed by atoms with Gasteiger partial charge < -0.3 is 14.2 Å². The first kappa shape index (κ1) is 20.9. The van der Waals surface area contributed by atoms with Crippen LogP contribution in [0, 0.1) is 22.7 Å². The van der Waals surface area contributed by atoms with Crippen molar-refractivity contribution >= 4 is 17.9 Å².